The highest BCUT2D eigenvalue weighted by molar-refractivity contribution is 7.91. The van der Waals surface area contributed by atoms with Gasteiger partial charge >= 0.3 is 0 Å². The Balaban J connectivity index is 1.62. The third-order valence-corrected chi connectivity index (χ3v) is 7.61. The van der Waals surface area contributed by atoms with Crippen LogP contribution in [0.3, 0.4) is 0 Å². The second-order valence-electron chi connectivity index (χ2n) is 8.84. The van der Waals surface area contributed by atoms with Gasteiger partial charge in [-0.1, -0.05) is 26.0 Å². The zero-order chi connectivity index (χ0) is 22.3. The molecule has 0 radical (unpaired) electrons. The number of fused-ring (bicyclic) bond motifs is 1. The number of nitrogens with zero attached hydrogens (tertiary/aromatic N) is 3. The molecule has 2 atom stereocenters. The molecule has 2 N–H and O–H groups in total. The molecule has 2 aromatic heterocycles. The summed E-state index contributed by atoms with van der Waals surface area (Å²) in [5.74, 6) is 1.11. The van der Waals surface area contributed by atoms with Crippen molar-refractivity contribution < 1.29 is 13.2 Å². The Morgan fingerprint density at radius 3 is 2.68 bits per heavy atom. The average Bonchev–Trinajstić information content (AvgIpc) is 3.35. The van der Waals surface area contributed by atoms with Crippen LogP contribution in [0, 0.1) is 19.8 Å². The number of aryl methyl sites for hydroxylation is 1. The van der Waals surface area contributed by atoms with Gasteiger partial charge in [0.15, 0.2) is 9.84 Å². The van der Waals surface area contributed by atoms with Crippen LogP contribution >= 0.6 is 0 Å². The second-order valence-corrected chi connectivity index (χ2v) is 11.1. The summed E-state index contributed by atoms with van der Waals surface area (Å²) in [6.45, 7) is 7.84. The third kappa shape index (κ3) is 4.37. The number of rotatable bonds is 6. The number of carbonyl (C=O) groups excluding carboxylic acids is 1. The van der Waals surface area contributed by atoms with E-state index >= 15 is 0 Å². The van der Waals surface area contributed by atoms with E-state index in [9.17, 15) is 13.2 Å². The molecule has 3 aromatic rings. The van der Waals surface area contributed by atoms with Crippen LogP contribution in [0.25, 0.3) is 11.0 Å². The first-order valence-electron chi connectivity index (χ1n) is 10.7. The van der Waals surface area contributed by atoms with Gasteiger partial charge in [-0.15, -0.1) is 0 Å². The zero-order valence-corrected chi connectivity index (χ0v) is 19.2. The number of hydrogen-bond acceptors (Lipinski definition) is 5. The van der Waals surface area contributed by atoms with Crippen LogP contribution in [0.15, 0.2) is 24.3 Å². The predicted molar refractivity (Wildman–Crippen MR) is 120 cm³/mol. The second kappa shape index (κ2) is 8.11. The molecule has 0 aliphatic carbocycles. The topological polar surface area (TPSA) is 110 Å². The summed E-state index contributed by atoms with van der Waals surface area (Å²) < 4.78 is 25.5. The smallest absolute Gasteiger partial charge is 0.255 e. The Labute approximate surface area is 182 Å². The van der Waals surface area contributed by atoms with E-state index in [-0.39, 0.29) is 29.5 Å². The molecule has 31 heavy (non-hydrogen) atoms. The predicted octanol–water partition coefficient (Wildman–Crippen LogP) is 3.25. The highest BCUT2D eigenvalue weighted by atomic mass is 32.2. The molecule has 9 heteroatoms. The molecule has 0 spiro atoms. The van der Waals surface area contributed by atoms with Crippen molar-refractivity contribution in [1.29, 1.82) is 0 Å². The number of H-pyrrole nitrogens is 1. The molecular weight excluding hydrogens is 414 g/mol. The van der Waals surface area contributed by atoms with Gasteiger partial charge in [0.05, 0.1) is 45.9 Å². The number of hydrogen-bond donors (Lipinski definition) is 2. The lowest BCUT2D eigenvalue weighted by Gasteiger charge is -2.19. The number of sulfone groups is 1. The fourth-order valence-corrected chi connectivity index (χ4v) is 6.09. The van der Waals surface area contributed by atoms with E-state index in [1.165, 1.54) is 0 Å². The van der Waals surface area contributed by atoms with Gasteiger partial charge < -0.3 is 10.3 Å². The maximum Gasteiger partial charge on any atom is 0.255 e. The normalized spacial score (nSPS) is 19.2. The molecule has 0 unspecified atom stereocenters. The minimum Gasteiger partial charge on any atom is -0.342 e. The van der Waals surface area contributed by atoms with Gasteiger partial charge in [0, 0.05) is 5.69 Å². The fourth-order valence-electron chi connectivity index (χ4n) is 4.39. The molecule has 1 amide bonds. The van der Waals surface area contributed by atoms with Gasteiger partial charge in [-0.25, -0.2) is 13.4 Å². The van der Waals surface area contributed by atoms with Gasteiger partial charge in [0.25, 0.3) is 5.91 Å². The van der Waals surface area contributed by atoms with Gasteiger partial charge in [-0.2, -0.15) is 5.10 Å². The lowest BCUT2D eigenvalue weighted by molar-refractivity contribution is 0.0928. The Morgan fingerprint density at radius 2 is 2.03 bits per heavy atom. The van der Waals surface area contributed by atoms with Gasteiger partial charge in [-0.05, 0) is 44.7 Å². The molecule has 1 aliphatic rings. The van der Waals surface area contributed by atoms with Crippen molar-refractivity contribution in [3.05, 3.63) is 47.0 Å². The number of carbonyl (C=O) groups is 1. The van der Waals surface area contributed by atoms with Crippen LogP contribution < -0.4 is 5.32 Å². The highest BCUT2D eigenvalue weighted by Crippen LogP contribution is 2.28. The number of aromatic amines is 1. The Morgan fingerprint density at radius 1 is 1.29 bits per heavy atom. The lowest BCUT2D eigenvalue weighted by atomic mass is 10.0. The van der Waals surface area contributed by atoms with Gasteiger partial charge in [0.2, 0.25) is 0 Å². The Bertz CT molecular complexity index is 1190. The van der Waals surface area contributed by atoms with E-state index in [4.69, 9.17) is 0 Å². The minimum atomic E-state index is -3.04. The standard InChI is InChI=1S/C22H29N5O3S/c1-13(2)11-19(21-23-17-7-5-6-8-18(17)24-21)25-22(28)20-14(3)26-27(15(20)4)16-9-10-31(29,30)12-16/h5-8,13,16,19H,9-12H2,1-4H3,(H,23,24)(H,25,28)/t16-,19-/m0/s1. The zero-order valence-electron chi connectivity index (χ0n) is 18.3. The Kier molecular flexibility index (Phi) is 5.63. The van der Waals surface area contributed by atoms with Crippen LogP contribution in [0.1, 0.15) is 66.3 Å². The quantitative estimate of drug-likeness (QED) is 0.608. The summed E-state index contributed by atoms with van der Waals surface area (Å²) in [6, 6.07) is 7.31. The number of amides is 1. The first-order valence-corrected chi connectivity index (χ1v) is 12.5. The van der Waals surface area contributed by atoms with Crippen molar-refractivity contribution in [2.75, 3.05) is 11.5 Å². The molecule has 1 aromatic carbocycles. The van der Waals surface area contributed by atoms with Crippen LogP contribution in [-0.4, -0.2) is 45.6 Å². The maximum atomic E-state index is 13.3. The molecule has 0 saturated carbocycles. The van der Waals surface area contributed by atoms with Crippen molar-refractivity contribution in [3.63, 3.8) is 0 Å². The summed E-state index contributed by atoms with van der Waals surface area (Å²) >= 11 is 0. The van der Waals surface area contributed by atoms with Crippen LogP contribution in [0.4, 0.5) is 0 Å². The van der Waals surface area contributed by atoms with Crippen molar-refractivity contribution in [1.82, 2.24) is 25.1 Å². The monoisotopic (exact) mass is 443 g/mol. The van der Waals surface area contributed by atoms with Crippen LogP contribution in [0.5, 0.6) is 0 Å². The first-order chi connectivity index (χ1) is 14.6. The van der Waals surface area contributed by atoms with Crippen molar-refractivity contribution >= 4 is 26.8 Å². The van der Waals surface area contributed by atoms with Crippen molar-refractivity contribution in [2.24, 2.45) is 5.92 Å². The number of imidazole rings is 1. The molecule has 1 saturated heterocycles. The number of nitrogens with one attached hydrogen (secondary N) is 2. The lowest BCUT2D eigenvalue weighted by Crippen LogP contribution is -2.31. The van der Waals surface area contributed by atoms with Crippen LogP contribution in [0.2, 0.25) is 0 Å². The summed E-state index contributed by atoms with van der Waals surface area (Å²) in [5.41, 5.74) is 3.61. The van der Waals surface area contributed by atoms with E-state index in [1.807, 2.05) is 31.2 Å². The van der Waals surface area contributed by atoms with Crippen molar-refractivity contribution in [3.8, 4) is 0 Å². The maximum absolute atomic E-state index is 13.3. The number of aromatic nitrogens is 4. The molecule has 4 rings (SSSR count). The summed E-state index contributed by atoms with van der Waals surface area (Å²) in [4.78, 5) is 21.3. The third-order valence-electron chi connectivity index (χ3n) is 5.86. The first kappa shape index (κ1) is 21.5. The van der Waals surface area contributed by atoms with E-state index < -0.39 is 9.84 Å². The molecule has 1 fully saturated rings. The average molecular weight is 444 g/mol. The molecule has 1 aliphatic heterocycles. The molecule has 166 valence electrons. The SMILES string of the molecule is Cc1nn([C@H]2CCS(=O)(=O)C2)c(C)c1C(=O)N[C@@H](CC(C)C)c1nc2ccccc2[nH]1. The minimum absolute atomic E-state index is 0.0744. The van der Waals surface area contributed by atoms with Gasteiger partial charge in [-0.3, -0.25) is 9.48 Å². The van der Waals surface area contributed by atoms with E-state index in [2.05, 4.69) is 34.2 Å². The van der Waals surface area contributed by atoms with Crippen LogP contribution in [-0.2, 0) is 9.84 Å². The largest absolute Gasteiger partial charge is 0.342 e. The summed E-state index contributed by atoms with van der Waals surface area (Å²) in [6.07, 6.45) is 1.26. The number of benzene rings is 1. The molecule has 8 nitrogen and oxygen atoms in total. The molecule has 0 bridgehead atoms. The highest BCUT2D eigenvalue weighted by Gasteiger charge is 2.33. The van der Waals surface area contributed by atoms with Crippen molar-refractivity contribution in [2.45, 2.75) is 52.6 Å². The Hall–Kier alpha value is -2.68. The summed E-state index contributed by atoms with van der Waals surface area (Å²) in [7, 11) is -3.04. The molecular formula is C22H29N5O3S. The number of para-hydroxylation sites is 2. The van der Waals surface area contributed by atoms with E-state index in [0.717, 1.165) is 23.3 Å². The van der Waals surface area contributed by atoms with Gasteiger partial charge in [0.1, 0.15) is 5.82 Å². The molecule has 3 heterocycles. The van der Waals surface area contributed by atoms with E-state index in [0.29, 0.717) is 29.3 Å². The van der Waals surface area contributed by atoms with E-state index in [1.54, 1.807) is 11.6 Å². The summed E-state index contributed by atoms with van der Waals surface area (Å²) in [5, 5.41) is 7.66. The fraction of sp³-hybridized carbons (Fsp3) is 0.500.